The first-order valence-corrected chi connectivity index (χ1v) is 7.30. The third kappa shape index (κ3) is 3.68. The van der Waals surface area contributed by atoms with Gasteiger partial charge in [-0.3, -0.25) is 9.59 Å². The van der Waals surface area contributed by atoms with E-state index in [1.165, 1.54) is 24.3 Å². The van der Waals surface area contributed by atoms with Crippen molar-refractivity contribution < 1.29 is 23.1 Å². The number of carbonyl (C=O) groups excluding carboxylic acids is 2. The molecule has 3 rings (SSSR count). The highest BCUT2D eigenvalue weighted by Crippen LogP contribution is 2.24. The van der Waals surface area contributed by atoms with E-state index in [0.717, 1.165) is 11.3 Å². The monoisotopic (exact) mass is 332 g/mol. The number of rotatable bonds is 4. The molecule has 0 radical (unpaired) electrons. The summed E-state index contributed by atoms with van der Waals surface area (Å²) in [6.45, 7) is -2.89. The third-order valence-corrected chi connectivity index (χ3v) is 3.60. The molecule has 0 aliphatic carbocycles. The van der Waals surface area contributed by atoms with Gasteiger partial charge in [-0.1, -0.05) is 0 Å². The highest BCUT2D eigenvalue weighted by atomic mass is 19.3. The third-order valence-electron chi connectivity index (χ3n) is 3.60. The fourth-order valence-electron chi connectivity index (χ4n) is 2.45. The highest BCUT2D eigenvalue weighted by molar-refractivity contribution is 6.05. The number of aryl methyl sites for hydroxylation is 1. The lowest BCUT2D eigenvalue weighted by atomic mass is 10.00. The highest BCUT2D eigenvalue weighted by Gasteiger charge is 2.16. The summed E-state index contributed by atoms with van der Waals surface area (Å²) in [7, 11) is 0. The summed E-state index contributed by atoms with van der Waals surface area (Å²) in [6.07, 6.45) is 0.978. The van der Waals surface area contributed by atoms with Gasteiger partial charge >= 0.3 is 6.61 Å². The van der Waals surface area contributed by atoms with Gasteiger partial charge in [-0.05, 0) is 54.4 Å². The summed E-state index contributed by atoms with van der Waals surface area (Å²) in [5.74, 6) is -0.337. The van der Waals surface area contributed by atoms with Crippen molar-refractivity contribution in [3.63, 3.8) is 0 Å². The Morgan fingerprint density at radius 2 is 1.88 bits per heavy atom. The van der Waals surface area contributed by atoms with Crippen LogP contribution in [0.5, 0.6) is 5.75 Å². The predicted molar refractivity (Wildman–Crippen MR) is 84.4 cm³/mol. The van der Waals surface area contributed by atoms with Gasteiger partial charge in [-0.2, -0.15) is 8.78 Å². The molecule has 2 aromatic rings. The lowest BCUT2D eigenvalue weighted by molar-refractivity contribution is -0.116. The normalized spacial score (nSPS) is 13.2. The summed E-state index contributed by atoms with van der Waals surface area (Å²) < 4.78 is 28.4. The minimum Gasteiger partial charge on any atom is -0.435 e. The number of nitrogens with one attached hydrogen (secondary N) is 2. The van der Waals surface area contributed by atoms with Crippen molar-refractivity contribution in [3.05, 3.63) is 53.6 Å². The van der Waals surface area contributed by atoms with Gasteiger partial charge in [-0.15, -0.1) is 0 Å². The zero-order valence-corrected chi connectivity index (χ0v) is 12.5. The Morgan fingerprint density at radius 1 is 1.12 bits per heavy atom. The van der Waals surface area contributed by atoms with Crippen LogP contribution in [0.3, 0.4) is 0 Å². The number of hydrogen-bond donors (Lipinski definition) is 2. The van der Waals surface area contributed by atoms with Gasteiger partial charge in [0.2, 0.25) is 5.91 Å². The average molecular weight is 332 g/mol. The SMILES string of the molecule is O=C1CCc2cc(C(=O)Nc3ccc(OC(F)F)cc3)ccc2N1. The van der Waals surface area contributed by atoms with Gasteiger partial charge < -0.3 is 15.4 Å². The van der Waals surface area contributed by atoms with E-state index in [9.17, 15) is 18.4 Å². The lowest BCUT2D eigenvalue weighted by Gasteiger charge is -2.17. The number of ether oxygens (including phenoxy) is 1. The van der Waals surface area contributed by atoms with E-state index in [-0.39, 0.29) is 17.6 Å². The van der Waals surface area contributed by atoms with E-state index in [2.05, 4.69) is 15.4 Å². The first-order valence-electron chi connectivity index (χ1n) is 7.30. The minimum atomic E-state index is -2.89. The van der Waals surface area contributed by atoms with Crippen LogP contribution in [0.25, 0.3) is 0 Å². The zero-order chi connectivity index (χ0) is 17.1. The number of benzene rings is 2. The maximum absolute atomic E-state index is 12.3. The molecule has 2 amide bonds. The van der Waals surface area contributed by atoms with Crippen LogP contribution in [0.15, 0.2) is 42.5 Å². The molecule has 0 saturated heterocycles. The Labute approximate surface area is 136 Å². The molecule has 7 heteroatoms. The fraction of sp³-hybridized carbons (Fsp3) is 0.176. The first kappa shape index (κ1) is 15.9. The molecule has 0 bridgehead atoms. The minimum absolute atomic E-state index is 0.0209. The van der Waals surface area contributed by atoms with Crippen LogP contribution in [-0.4, -0.2) is 18.4 Å². The maximum Gasteiger partial charge on any atom is 0.387 e. The molecule has 0 aromatic heterocycles. The molecule has 0 saturated carbocycles. The average Bonchev–Trinajstić information content (AvgIpc) is 2.55. The van der Waals surface area contributed by atoms with Crippen LogP contribution in [-0.2, 0) is 11.2 Å². The molecule has 1 aliphatic heterocycles. The molecule has 1 heterocycles. The van der Waals surface area contributed by atoms with Crippen LogP contribution < -0.4 is 15.4 Å². The fourth-order valence-corrected chi connectivity index (χ4v) is 2.45. The number of amides is 2. The molecule has 1 aliphatic rings. The Morgan fingerprint density at radius 3 is 2.58 bits per heavy atom. The number of anilines is 2. The van der Waals surface area contributed by atoms with E-state index < -0.39 is 6.61 Å². The van der Waals surface area contributed by atoms with Crippen LogP contribution in [0.4, 0.5) is 20.2 Å². The number of alkyl halides is 2. The number of carbonyl (C=O) groups is 2. The summed E-state index contributed by atoms with van der Waals surface area (Å²) in [5.41, 5.74) is 2.55. The molecule has 2 aromatic carbocycles. The molecule has 24 heavy (non-hydrogen) atoms. The van der Waals surface area contributed by atoms with E-state index in [4.69, 9.17) is 0 Å². The van der Waals surface area contributed by atoms with E-state index in [1.54, 1.807) is 18.2 Å². The quantitative estimate of drug-likeness (QED) is 0.901. The van der Waals surface area contributed by atoms with Crippen LogP contribution in [0.2, 0.25) is 0 Å². The van der Waals surface area contributed by atoms with Crippen molar-refractivity contribution in [3.8, 4) is 5.75 Å². The molecule has 124 valence electrons. The largest absolute Gasteiger partial charge is 0.435 e. The van der Waals surface area contributed by atoms with Gasteiger partial charge in [0.25, 0.3) is 5.91 Å². The summed E-state index contributed by atoms with van der Waals surface area (Å²) in [4.78, 5) is 23.6. The molecular weight excluding hydrogens is 318 g/mol. The van der Waals surface area contributed by atoms with Crippen molar-refractivity contribution >= 4 is 23.2 Å². The molecule has 0 spiro atoms. The molecule has 5 nitrogen and oxygen atoms in total. The van der Waals surface area contributed by atoms with Crippen molar-refractivity contribution in [1.29, 1.82) is 0 Å². The van der Waals surface area contributed by atoms with Gasteiger partial charge in [0, 0.05) is 23.4 Å². The Bertz CT molecular complexity index is 776. The Hall–Kier alpha value is -2.96. The summed E-state index contributed by atoms with van der Waals surface area (Å²) in [5, 5.41) is 5.44. The van der Waals surface area contributed by atoms with Crippen LogP contribution in [0, 0.1) is 0 Å². The smallest absolute Gasteiger partial charge is 0.387 e. The number of halogens is 2. The molecule has 0 fully saturated rings. The van der Waals surface area contributed by atoms with Gasteiger partial charge in [0.15, 0.2) is 0 Å². The van der Waals surface area contributed by atoms with Crippen LogP contribution in [0.1, 0.15) is 22.3 Å². The number of fused-ring (bicyclic) bond motifs is 1. The summed E-state index contributed by atoms with van der Waals surface area (Å²) in [6, 6.07) is 10.7. The summed E-state index contributed by atoms with van der Waals surface area (Å²) >= 11 is 0. The molecular formula is C17H14F2N2O3. The predicted octanol–water partition coefficient (Wildman–Crippen LogP) is 3.43. The van der Waals surface area contributed by atoms with Crippen molar-refractivity contribution in [1.82, 2.24) is 0 Å². The lowest BCUT2D eigenvalue weighted by Crippen LogP contribution is -2.20. The first-order chi connectivity index (χ1) is 11.5. The van der Waals surface area contributed by atoms with E-state index >= 15 is 0 Å². The Kier molecular flexibility index (Phi) is 4.41. The number of hydrogen-bond acceptors (Lipinski definition) is 3. The van der Waals surface area contributed by atoms with Crippen molar-refractivity contribution in [2.45, 2.75) is 19.5 Å². The molecule has 2 N–H and O–H groups in total. The second kappa shape index (κ2) is 6.66. The topological polar surface area (TPSA) is 67.4 Å². The standard InChI is InChI=1S/C17H14F2N2O3/c18-17(19)24-13-5-3-12(4-6-13)20-16(23)11-1-7-14-10(9-11)2-8-15(22)21-14/h1,3-7,9,17H,2,8H2,(H,20,23)(H,21,22). The van der Waals surface area contributed by atoms with E-state index in [1.807, 2.05) is 0 Å². The second-order valence-corrected chi connectivity index (χ2v) is 5.28. The molecule has 0 atom stereocenters. The van der Waals surface area contributed by atoms with Gasteiger partial charge in [0.05, 0.1) is 0 Å². The van der Waals surface area contributed by atoms with Crippen LogP contribution >= 0.6 is 0 Å². The van der Waals surface area contributed by atoms with Crippen molar-refractivity contribution in [2.24, 2.45) is 0 Å². The second-order valence-electron chi connectivity index (χ2n) is 5.28. The molecule has 0 unspecified atom stereocenters. The maximum atomic E-state index is 12.3. The van der Waals surface area contributed by atoms with Gasteiger partial charge in [-0.25, -0.2) is 0 Å². The Balaban J connectivity index is 1.70. The van der Waals surface area contributed by atoms with E-state index in [0.29, 0.717) is 24.1 Å². The van der Waals surface area contributed by atoms with Gasteiger partial charge in [0.1, 0.15) is 5.75 Å². The van der Waals surface area contributed by atoms with Crippen molar-refractivity contribution in [2.75, 3.05) is 10.6 Å². The zero-order valence-electron chi connectivity index (χ0n) is 12.5.